The number of hydrogen-bond acceptors (Lipinski definition) is 5. The number of amides is 2. The Morgan fingerprint density at radius 2 is 1.74 bits per heavy atom. The molecule has 0 heterocycles. The summed E-state index contributed by atoms with van der Waals surface area (Å²) in [7, 11) is -0.796. The van der Waals surface area contributed by atoms with Crippen LogP contribution < -0.4 is 14.4 Å². The number of carbonyl (C=O) groups is 2. The van der Waals surface area contributed by atoms with E-state index >= 15 is 0 Å². The van der Waals surface area contributed by atoms with Gasteiger partial charge in [0, 0.05) is 13.6 Å². The number of ether oxygens (including phenoxy) is 1. The fourth-order valence-electron chi connectivity index (χ4n) is 2.97. The number of methoxy groups -OCH3 is 1. The van der Waals surface area contributed by atoms with E-state index in [1.165, 1.54) is 18.0 Å². The summed E-state index contributed by atoms with van der Waals surface area (Å²) in [5, 5.41) is 2.72. The van der Waals surface area contributed by atoms with Crippen molar-refractivity contribution in [3.8, 4) is 5.75 Å². The van der Waals surface area contributed by atoms with Crippen LogP contribution in [0.15, 0.2) is 48.5 Å². The molecule has 2 aromatic rings. The molecule has 31 heavy (non-hydrogen) atoms. The minimum absolute atomic E-state index is 0.109. The van der Waals surface area contributed by atoms with Crippen molar-refractivity contribution in [2.45, 2.75) is 19.5 Å². The van der Waals surface area contributed by atoms with Gasteiger partial charge >= 0.3 is 0 Å². The molecule has 0 bridgehead atoms. The Hall–Kier alpha value is -2.78. The molecule has 2 amide bonds. The van der Waals surface area contributed by atoms with E-state index in [2.05, 4.69) is 5.32 Å². The van der Waals surface area contributed by atoms with Crippen molar-refractivity contribution in [2.24, 2.45) is 0 Å². The molecule has 1 atom stereocenters. The maximum Gasteiger partial charge on any atom is 0.244 e. The number of likely N-dealkylation sites (N-methyl/N-ethyl adjacent to an activating group) is 1. The van der Waals surface area contributed by atoms with Gasteiger partial charge in [0.25, 0.3) is 0 Å². The molecule has 0 saturated carbocycles. The lowest BCUT2D eigenvalue weighted by Crippen LogP contribution is -2.50. The molecule has 0 aliphatic heterocycles. The lowest BCUT2D eigenvalue weighted by atomic mass is 10.1. The molecule has 0 aliphatic carbocycles. The van der Waals surface area contributed by atoms with Crippen LogP contribution in [0, 0.1) is 0 Å². The third kappa shape index (κ3) is 6.35. The Bertz CT molecular complexity index is 1030. The number of sulfonamides is 1. The van der Waals surface area contributed by atoms with Gasteiger partial charge in [0.15, 0.2) is 0 Å². The molecular formula is C21H26ClN3O5S. The quantitative estimate of drug-likeness (QED) is 0.610. The number of anilines is 1. The first-order valence-electron chi connectivity index (χ1n) is 9.44. The molecule has 10 heteroatoms. The van der Waals surface area contributed by atoms with Gasteiger partial charge in [-0.25, -0.2) is 8.42 Å². The Morgan fingerprint density at radius 3 is 2.26 bits per heavy atom. The molecule has 0 unspecified atom stereocenters. The van der Waals surface area contributed by atoms with Crippen LogP contribution in [0.1, 0.15) is 12.5 Å². The Labute approximate surface area is 187 Å². The van der Waals surface area contributed by atoms with E-state index in [-0.39, 0.29) is 23.2 Å². The summed E-state index contributed by atoms with van der Waals surface area (Å²) in [6.07, 6.45) is 1.000. The molecule has 0 aliphatic rings. The first kappa shape index (κ1) is 24.5. The largest absolute Gasteiger partial charge is 0.497 e. The highest BCUT2D eigenvalue weighted by molar-refractivity contribution is 7.92. The monoisotopic (exact) mass is 467 g/mol. The SMILES string of the molecule is CNC(=O)[C@@H](C)N(Cc1ccc(OC)cc1)C(=O)CN(c1ccccc1Cl)S(C)(=O)=O. The van der Waals surface area contributed by atoms with Gasteiger partial charge in [-0.2, -0.15) is 0 Å². The Morgan fingerprint density at radius 1 is 1.13 bits per heavy atom. The van der Waals surface area contributed by atoms with E-state index in [0.717, 1.165) is 16.1 Å². The van der Waals surface area contributed by atoms with Gasteiger partial charge in [0.2, 0.25) is 21.8 Å². The van der Waals surface area contributed by atoms with Gasteiger partial charge in [-0.15, -0.1) is 0 Å². The van der Waals surface area contributed by atoms with Crippen molar-refractivity contribution in [1.29, 1.82) is 0 Å². The molecular weight excluding hydrogens is 442 g/mol. The Balaban J connectivity index is 2.37. The first-order chi connectivity index (χ1) is 14.6. The van der Waals surface area contributed by atoms with Gasteiger partial charge in [0.05, 0.1) is 24.1 Å². The first-order valence-corrected chi connectivity index (χ1v) is 11.7. The third-order valence-corrected chi connectivity index (χ3v) is 6.17. The summed E-state index contributed by atoms with van der Waals surface area (Å²) in [5.74, 6) is -0.259. The summed E-state index contributed by atoms with van der Waals surface area (Å²) in [6.45, 7) is 1.19. The molecule has 0 aromatic heterocycles. The van der Waals surface area contributed by atoms with Crippen molar-refractivity contribution in [2.75, 3.05) is 31.3 Å². The van der Waals surface area contributed by atoms with Crippen LogP contribution in [0.4, 0.5) is 5.69 Å². The zero-order valence-corrected chi connectivity index (χ0v) is 19.4. The second kappa shape index (κ2) is 10.5. The zero-order chi connectivity index (χ0) is 23.2. The van der Waals surface area contributed by atoms with Crippen LogP contribution in [-0.2, 0) is 26.2 Å². The fourth-order valence-corrected chi connectivity index (χ4v) is 4.12. The van der Waals surface area contributed by atoms with Crippen LogP contribution in [0.2, 0.25) is 5.02 Å². The predicted molar refractivity (Wildman–Crippen MR) is 121 cm³/mol. The maximum atomic E-state index is 13.2. The van der Waals surface area contributed by atoms with Gasteiger partial charge in [-0.1, -0.05) is 35.9 Å². The molecule has 1 N–H and O–H groups in total. The van der Waals surface area contributed by atoms with E-state index < -0.39 is 28.5 Å². The number of nitrogens with one attached hydrogen (secondary N) is 1. The minimum Gasteiger partial charge on any atom is -0.497 e. The molecule has 0 saturated heterocycles. The lowest BCUT2D eigenvalue weighted by molar-refractivity contribution is -0.139. The molecule has 0 fully saturated rings. The van der Waals surface area contributed by atoms with Crippen molar-refractivity contribution in [3.05, 3.63) is 59.1 Å². The molecule has 0 radical (unpaired) electrons. The summed E-state index contributed by atoms with van der Waals surface area (Å²) in [4.78, 5) is 26.9. The lowest BCUT2D eigenvalue weighted by Gasteiger charge is -2.31. The summed E-state index contributed by atoms with van der Waals surface area (Å²) < 4.78 is 31.0. The molecule has 168 valence electrons. The average Bonchev–Trinajstić information content (AvgIpc) is 2.74. The highest BCUT2D eigenvalue weighted by Crippen LogP contribution is 2.27. The van der Waals surface area contributed by atoms with E-state index in [4.69, 9.17) is 16.3 Å². The van der Waals surface area contributed by atoms with Crippen molar-refractivity contribution < 1.29 is 22.7 Å². The van der Waals surface area contributed by atoms with Gasteiger partial charge in [0.1, 0.15) is 18.3 Å². The zero-order valence-electron chi connectivity index (χ0n) is 17.8. The fraction of sp³-hybridized carbons (Fsp3) is 0.333. The summed E-state index contributed by atoms with van der Waals surface area (Å²) in [5.41, 5.74) is 0.950. The smallest absolute Gasteiger partial charge is 0.244 e. The topological polar surface area (TPSA) is 96.0 Å². The van der Waals surface area contributed by atoms with Crippen LogP contribution >= 0.6 is 11.6 Å². The highest BCUT2D eigenvalue weighted by atomic mass is 35.5. The van der Waals surface area contributed by atoms with Crippen molar-refractivity contribution in [3.63, 3.8) is 0 Å². The van der Waals surface area contributed by atoms with Crippen LogP contribution in [-0.4, -0.2) is 58.1 Å². The van der Waals surface area contributed by atoms with E-state index in [9.17, 15) is 18.0 Å². The number of halogens is 1. The molecule has 2 rings (SSSR count). The van der Waals surface area contributed by atoms with Gasteiger partial charge in [-0.05, 0) is 36.8 Å². The second-order valence-electron chi connectivity index (χ2n) is 6.88. The number of hydrogen-bond donors (Lipinski definition) is 1. The third-order valence-electron chi connectivity index (χ3n) is 4.73. The van der Waals surface area contributed by atoms with Crippen molar-refractivity contribution in [1.82, 2.24) is 10.2 Å². The van der Waals surface area contributed by atoms with Gasteiger partial charge < -0.3 is 15.0 Å². The highest BCUT2D eigenvalue weighted by Gasteiger charge is 2.30. The minimum atomic E-state index is -3.82. The number of para-hydroxylation sites is 1. The normalized spacial score (nSPS) is 12.0. The second-order valence-corrected chi connectivity index (χ2v) is 9.19. The van der Waals surface area contributed by atoms with E-state index in [1.807, 2.05) is 0 Å². The molecule has 2 aromatic carbocycles. The van der Waals surface area contributed by atoms with Crippen molar-refractivity contribution >= 4 is 39.1 Å². The Kier molecular flexibility index (Phi) is 8.29. The summed E-state index contributed by atoms with van der Waals surface area (Å²) >= 11 is 6.17. The average molecular weight is 468 g/mol. The molecule has 0 spiro atoms. The van der Waals surface area contributed by atoms with E-state index in [0.29, 0.717) is 5.75 Å². The number of benzene rings is 2. The molecule has 8 nitrogen and oxygen atoms in total. The van der Waals surface area contributed by atoms with E-state index in [1.54, 1.807) is 56.5 Å². The number of nitrogens with zero attached hydrogens (tertiary/aromatic N) is 2. The number of rotatable bonds is 9. The van der Waals surface area contributed by atoms with Gasteiger partial charge in [-0.3, -0.25) is 13.9 Å². The van der Waals surface area contributed by atoms with Crippen LogP contribution in [0.25, 0.3) is 0 Å². The number of carbonyl (C=O) groups excluding carboxylic acids is 2. The predicted octanol–water partition coefficient (Wildman–Crippen LogP) is 2.28. The maximum absolute atomic E-state index is 13.2. The summed E-state index contributed by atoms with van der Waals surface area (Å²) in [6, 6.07) is 12.6. The standard InChI is InChI=1S/C21H26ClN3O5S/c1-15(21(27)23-2)24(13-16-9-11-17(30-3)12-10-16)20(26)14-25(31(4,28)29)19-8-6-5-7-18(19)22/h5-12,15H,13-14H2,1-4H3,(H,23,27)/t15-/m1/s1. The van der Waals surface area contributed by atoms with Crippen LogP contribution in [0.5, 0.6) is 5.75 Å². The van der Waals surface area contributed by atoms with Crippen LogP contribution in [0.3, 0.4) is 0 Å².